The van der Waals surface area contributed by atoms with Gasteiger partial charge in [0, 0.05) is 19.3 Å². The van der Waals surface area contributed by atoms with Crippen LogP contribution in [0, 0.1) is 5.92 Å². The second kappa shape index (κ2) is 6.92. The molecule has 0 aliphatic carbocycles. The van der Waals surface area contributed by atoms with Crippen LogP contribution in [0.4, 0.5) is 5.69 Å². The zero-order valence-electron chi connectivity index (χ0n) is 10.4. The molecule has 0 radical (unpaired) electrons. The maximum absolute atomic E-state index is 5.15. The summed E-state index contributed by atoms with van der Waals surface area (Å²) < 4.78 is 5.15. The van der Waals surface area contributed by atoms with Crippen molar-refractivity contribution in [3.8, 4) is 0 Å². The zero-order chi connectivity index (χ0) is 11.9. The van der Waals surface area contributed by atoms with Gasteiger partial charge in [-0.25, -0.2) is 0 Å². The molecule has 1 heterocycles. The molecule has 1 fully saturated rings. The van der Waals surface area contributed by atoms with E-state index in [1.54, 1.807) is 7.11 Å². The average Bonchev–Trinajstić information content (AvgIpc) is 2.88. The monoisotopic (exact) mass is 251 g/mol. The van der Waals surface area contributed by atoms with Crippen LogP contribution in [0.3, 0.4) is 0 Å². The van der Waals surface area contributed by atoms with E-state index in [1.165, 1.54) is 29.2 Å². The van der Waals surface area contributed by atoms with Crippen LogP contribution < -0.4 is 5.32 Å². The van der Waals surface area contributed by atoms with Crippen LogP contribution in [0.25, 0.3) is 0 Å². The SMILES string of the molecule is COCCc1ccccc1NCC1CCSC1. The van der Waals surface area contributed by atoms with Crippen LogP contribution in [-0.4, -0.2) is 31.8 Å². The number of ether oxygens (including phenoxy) is 1. The van der Waals surface area contributed by atoms with Gasteiger partial charge in [-0.3, -0.25) is 0 Å². The van der Waals surface area contributed by atoms with Gasteiger partial charge in [0.05, 0.1) is 6.61 Å². The van der Waals surface area contributed by atoms with E-state index in [0.717, 1.165) is 25.5 Å². The molecule has 2 nitrogen and oxygen atoms in total. The molecule has 17 heavy (non-hydrogen) atoms. The maximum atomic E-state index is 5.15. The van der Waals surface area contributed by atoms with E-state index in [9.17, 15) is 0 Å². The molecule has 1 N–H and O–H groups in total. The summed E-state index contributed by atoms with van der Waals surface area (Å²) in [5, 5.41) is 3.60. The first-order chi connectivity index (χ1) is 8.40. The Kier molecular flexibility index (Phi) is 5.20. The minimum Gasteiger partial charge on any atom is -0.385 e. The van der Waals surface area contributed by atoms with Crippen LogP contribution in [0.15, 0.2) is 24.3 Å². The van der Waals surface area contributed by atoms with Gasteiger partial charge in [-0.15, -0.1) is 0 Å². The smallest absolute Gasteiger partial charge is 0.0503 e. The van der Waals surface area contributed by atoms with E-state index in [2.05, 4.69) is 41.3 Å². The number of para-hydroxylation sites is 1. The maximum Gasteiger partial charge on any atom is 0.0503 e. The standard InChI is InChI=1S/C14H21NOS/c1-16-8-6-13-4-2-3-5-14(13)15-10-12-7-9-17-11-12/h2-5,12,15H,6-11H2,1H3. The summed E-state index contributed by atoms with van der Waals surface area (Å²) >= 11 is 2.08. The number of anilines is 1. The summed E-state index contributed by atoms with van der Waals surface area (Å²) in [6.07, 6.45) is 2.34. The fourth-order valence-corrected chi connectivity index (χ4v) is 3.41. The van der Waals surface area contributed by atoms with Crippen LogP contribution in [0.5, 0.6) is 0 Å². The first-order valence-electron chi connectivity index (χ1n) is 6.28. The number of hydrogen-bond acceptors (Lipinski definition) is 3. The van der Waals surface area contributed by atoms with Crippen molar-refractivity contribution >= 4 is 17.4 Å². The highest BCUT2D eigenvalue weighted by Crippen LogP contribution is 2.24. The van der Waals surface area contributed by atoms with E-state index in [-0.39, 0.29) is 0 Å². The van der Waals surface area contributed by atoms with Gasteiger partial charge in [-0.1, -0.05) is 18.2 Å². The summed E-state index contributed by atoms with van der Waals surface area (Å²) in [7, 11) is 1.76. The second-order valence-electron chi connectivity index (χ2n) is 4.51. The Morgan fingerprint density at radius 2 is 2.29 bits per heavy atom. The summed E-state index contributed by atoms with van der Waals surface area (Å²) in [5.74, 6) is 3.49. The van der Waals surface area contributed by atoms with Gasteiger partial charge in [-0.2, -0.15) is 11.8 Å². The van der Waals surface area contributed by atoms with Crippen molar-refractivity contribution in [3.05, 3.63) is 29.8 Å². The molecule has 3 heteroatoms. The molecule has 2 rings (SSSR count). The lowest BCUT2D eigenvalue weighted by Gasteiger charge is -2.14. The van der Waals surface area contributed by atoms with Crippen molar-refractivity contribution in [1.29, 1.82) is 0 Å². The third-order valence-corrected chi connectivity index (χ3v) is 4.43. The largest absolute Gasteiger partial charge is 0.385 e. The van der Waals surface area contributed by atoms with Crippen LogP contribution >= 0.6 is 11.8 Å². The third kappa shape index (κ3) is 3.93. The molecule has 1 saturated heterocycles. The number of benzene rings is 1. The fraction of sp³-hybridized carbons (Fsp3) is 0.571. The number of hydrogen-bond donors (Lipinski definition) is 1. The van der Waals surface area contributed by atoms with Gasteiger partial charge in [-0.05, 0) is 41.9 Å². The molecular weight excluding hydrogens is 230 g/mol. The Balaban J connectivity index is 1.89. The van der Waals surface area contributed by atoms with Gasteiger partial charge in [0.1, 0.15) is 0 Å². The van der Waals surface area contributed by atoms with Crippen LogP contribution in [-0.2, 0) is 11.2 Å². The molecule has 1 aliphatic rings. The van der Waals surface area contributed by atoms with Gasteiger partial charge in [0.25, 0.3) is 0 Å². The molecule has 0 spiro atoms. The van der Waals surface area contributed by atoms with E-state index < -0.39 is 0 Å². The molecule has 94 valence electrons. The summed E-state index contributed by atoms with van der Waals surface area (Å²) in [4.78, 5) is 0. The number of nitrogens with one attached hydrogen (secondary N) is 1. The second-order valence-corrected chi connectivity index (χ2v) is 5.66. The summed E-state index contributed by atoms with van der Waals surface area (Å²) in [5.41, 5.74) is 2.64. The Morgan fingerprint density at radius 1 is 1.41 bits per heavy atom. The molecule has 1 aromatic rings. The normalized spacial score (nSPS) is 19.5. The molecule has 0 aromatic heterocycles. The van der Waals surface area contributed by atoms with Crippen molar-refractivity contribution in [2.45, 2.75) is 12.8 Å². The van der Waals surface area contributed by atoms with Gasteiger partial charge in [0.2, 0.25) is 0 Å². The van der Waals surface area contributed by atoms with E-state index in [1.807, 2.05) is 0 Å². The first kappa shape index (κ1) is 12.8. The molecule has 0 bridgehead atoms. The predicted octanol–water partition coefficient (Wildman–Crippen LogP) is 3.04. The highest BCUT2D eigenvalue weighted by molar-refractivity contribution is 7.99. The number of thioether (sulfide) groups is 1. The molecular formula is C14H21NOS. The Hall–Kier alpha value is -0.670. The van der Waals surface area contributed by atoms with Crippen molar-refractivity contribution in [2.24, 2.45) is 5.92 Å². The average molecular weight is 251 g/mol. The molecule has 1 aliphatic heterocycles. The third-order valence-electron chi connectivity index (χ3n) is 3.20. The Morgan fingerprint density at radius 3 is 3.06 bits per heavy atom. The lowest BCUT2D eigenvalue weighted by molar-refractivity contribution is 0.202. The van der Waals surface area contributed by atoms with E-state index in [0.29, 0.717) is 0 Å². The Labute approximate surface area is 108 Å². The Bertz CT molecular complexity index is 337. The summed E-state index contributed by atoms with van der Waals surface area (Å²) in [6, 6.07) is 8.56. The minimum absolute atomic E-state index is 0.790. The van der Waals surface area contributed by atoms with Crippen molar-refractivity contribution in [2.75, 3.05) is 37.1 Å². The van der Waals surface area contributed by atoms with Crippen LogP contribution in [0.2, 0.25) is 0 Å². The van der Waals surface area contributed by atoms with Gasteiger partial charge < -0.3 is 10.1 Å². The highest BCUT2D eigenvalue weighted by Gasteiger charge is 2.15. The molecule has 0 saturated carbocycles. The predicted molar refractivity (Wildman–Crippen MR) is 75.9 cm³/mol. The van der Waals surface area contributed by atoms with Crippen molar-refractivity contribution in [3.63, 3.8) is 0 Å². The van der Waals surface area contributed by atoms with Crippen LogP contribution in [0.1, 0.15) is 12.0 Å². The summed E-state index contributed by atoms with van der Waals surface area (Å²) in [6.45, 7) is 1.90. The number of rotatable bonds is 6. The van der Waals surface area contributed by atoms with Gasteiger partial charge in [0.15, 0.2) is 0 Å². The first-order valence-corrected chi connectivity index (χ1v) is 7.44. The molecule has 1 unspecified atom stereocenters. The van der Waals surface area contributed by atoms with Crippen molar-refractivity contribution in [1.82, 2.24) is 0 Å². The lowest BCUT2D eigenvalue weighted by Crippen LogP contribution is -2.14. The van der Waals surface area contributed by atoms with Gasteiger partial charge >= 0.3 is 0 Å². The molecule has 1 aromatic carbocycles. The lowest BCUT2D eigenvalue weighted by atomic mass is 10.1. The van der Waals surface area contributed by atoms with E-state index in [4.69, 9.17) is 4.74 Å². The minimum atomic E-state index is 0.790. The van der Waals surface area contributed by atoms with E-state index >= 15 is 0 Å². The topological polar surface area (TPSA) is 21.3 Å². The highest BCUT2D eigenvalue weighted by atomic mass is 32.2. The molecule has 1 atom stereocenters. The quantitative estimate of drug-likeness (QED) is 0.839. The molecule has 0 amide bonds. The van der Waals surface area contributed by atoms with Crippen molar-refractivity contribution < 1.29 is 4.74 Å². The zero-order valence-corrected chi connectivity index (χ0v) is 11.3. The fourth-order valence-electron chi connectivity index (χ4n) is 2.12. The number of methoxy groups -OCH3 is 1.